The molecule has 2 aromatic heterocycles. The number of nitrogens with zero attached hydrogens (tertiary/aromatic N) is 4. The molecule has 0 aliphatic carbocycles. The zero-order valence-corrected chi connectivity index (χ0v) is 20.4. The molecule has 1 unspecified atom stereocenters. The van der Waals surface area contributed by atoms with Gasteiger partial charge in [-0.25, -0.2) is 4.79 Å². The van der Waals surface area contributed by atoms with Gasteiger partial charge in [-0.2, -0.15) is 8.42 Å². The Bertz CT molecular complexity index is 1260. The molecule has 1 fully saturated rings. The molecule has 180 valence electrons. The number of rotatable bonds is 9. The number of aliphatic carboxylic acids is 1. The van der Waals surface area contributed by atoms with Gasteiger partial charge in [0.25, 0.3) is 21.2 Å². The normalized spacial score (nSPS) is 20.0. The van der Waals surface area contributed by atoms with Crippen LogP contribution in [0, 0.1) is 0 Å². The molecule has 0 radical (unpaired) electrons. The van der Waals surface area contributed by atoms with Crippen molar-refractivity contribution in [3.8, 4) is 0 Å². The summed E-state index contributed by atoms with van der Waals surface area (Å²) < 4.78 is 35.8. The monoisotopic (exact) mass is 543 g/mol. The van der Waals surface area contributed by atoms with Gasteiger partial charge in [-0.05, 0) is 17.2 Å². The van der Waals surface area contributed by atoms with Crippen LogP contribution in [0.3, 0.4) is 0 Å². The van der Waals surface area contributed by atoms with Crippen molar-refractivity contribution in [1.29, 1.82) is 0 Å². The molecule has 16 heteroatoms. The Labute approximate surface area is 207 Å². The van der Waals surface area contributed by atoms with Gasteiger partial charge in [0, 0.05) is 30.3 Å². The highest BCUT2D eigenvalue weighted by Crippen LogP contribution is 2.41. The molecule has 1 amide bonds. The fourth-order valence-corrected chi connectivity index (χ4v) is 6.35. The molecule has 0 aromatic carbocycles. The standard InChI is InChI=1S/C18H17N5O7S4/c24-15-13(20-12(31)4-9-2-1-3-19-5-9)16-23(15)14(17(25)26)10(6-32-16)7-33-18-22-21-11(30-18)8-34(27,28)29/h1-3,5,13,16H,4,6-8H2,(H,20,31)(H,25,26)(H,27,28,29)/t13?,16-/m0/s1. The fraction of sp³-hybridized carbons (Fsp3) is 0.333. The Hall–Kier alpha value is -2.53. The predicted molar refractivity (Wildman–Crippen MR) is 125 cm³/mol. The number of pyridine rings is 1. The zero-order valence-electron chi connectivity index (χ0n) is 17.2. The van der Waals surface area contributed by atoms with Crippen LogP contribution in [0.2, 0.25) is 0 Å². The van der Waals surface area contributed by atoms with Gasteiger partial charge in [0.05, 0.1) is 4.99 Å². The second kappa shape index (κ2) is 9.99. The van der Waals surface area contributed by atoms with E-state index in [4.69, 9.17) is 21.2 Å². The highest BCUT2D eigenvalue weighted by Gasteiger charge is 2.53. The summed E-state index contributed by atoms with van der Waals surface area (Å²) in [5.41, 5.74) is 1.28. The number of amides is 1. The summed E-state index contributed by atoms with van der Waals surface area (Å²) in [5, 5.41) is 19.6. The molecule has 0 saturated carbocycles. The van der Waals surface area contributed by atoms with Gasteiger partial charge in [0.1, 0.15) is 17.1 Å². The molecule has 2 atom stereocenters. The van der Waals surface area contributed by atoms with Gasteiger partial charge in [-0.1, -0.05) is 30.0 Å². The van der Waals surface area contributed by atoms with E-state index < -0.39 is 33.3 Å². The molecule has 0 spiro atoms. The van der Waals surface area contributed by atoms with Crippen LogP contribution in [-0.2, 0) is 31.9 Å². The molecule has 0 bridgehead atoms. The van der Waals surface area contributed by atoms with E-state index in [1.54, 1.807) is 18.5 Å². The van der Waals surface area contributed by atoms with Gasteiger partial charge < -0.3 is 14.8 Å². The van der Waals surface area contributed by atoms with E-state index in [0.717, 1.165) is 17.3 Å². The van der Waals surface area contributed by atoms with Crippen molar-refractivity contribution in [2.24, 2.45) is 0 Å². The minimum atomic E-state index is -4.32. The molecule has 2 aromatic rings. The van der Waals surface area contributed by atoms with Crippen molar-refractivity contribution < 1.29 is 32.1 Å². The number of hydrogen-bond acceptors (Lipinski definition) is 11. The summed E-state index contributed by atoms with van der Waals surface area (Å²) >= 11 is 7.78. The van der Waals surface area contributed by atoms with E-state index in [2.05, 4.69) is 20.5 Å². The largest absolute Gasteiger partial charge is 0.477 e. The highest BCUT2D eigenvalue weighted by atomic mass is 32.2. The average molecular weight is 544 g/mol. The lowest BCUT2D eigenvalue weighted by atomic mass is 10.0. The number of carbonyl (C=O) groups excluding carboxylic acids is 1. The Morgan fingerprint density at radius 1 is 1.41 bits per heavy atom. The van der Waals surface area contributed by atoms with Crippen LogP contribution >= 0.6 is 35.7 Å². The topological polar surface area (TPSA) is 176 Å². The molecular formula is C18H17N5O7S4. The lowest BCUT2D eigenvalue weighted by Crippen LogP contribution is -2.70. The molecule has 1 saturated heterocycles. The molecule has 2 aliphatic heterocycles. The first-order chi connectivity index (χ1) is 16.1. The molecule has 3 N–H and O–H groups in total. The number of thioether (sulfide) groups is 2. The van der Waals surface area contributed by atoms with E-state index in [9.17, 15) is 23.1 Å². The SMILES string of the molecule is O=C(O)C1=C(CSc2nnc(CS(=O)(=O)O)o2)CS[C@H]2C(NC(=S)Cc3cccnc3)C(=O)N12. The van der Waals surface area contributed by atoms with Crippen molar-refractivity contribution in [2.75, 3.05) is 11.5 Å². The summed E-state index contributed by atoms with van der Waals surface area (Å²) in [6, 6.07) is 3.03. The summed E-state index contributed by atoms with van der Waals surface area (Å²) in [7, 11) is -4.32. The minimum Gasteiger partial charge on any atom is -0.477 e. The van der Waals surface area contributed by atoms with Crippen molar-refractivity contribution in [2.45, 2.75) is 28.8 Å². The summed E-state index contributed by atoms with van der Waals surface area (Å²) in [6.45, 7) is 0. The smallest absolute Gasteiger partial charge is 0.352 e. The van der Waals surface area contributed by atoms with E-state index in [1.165, 1.54) is 16.7 Å². The van der Waals surface area contributed by atoms with Crippen LogP contribution in [0.4, 0.5) is 0 Å². The molecule has 34 heavy (non-hydrogen) atoms. The maximum Gasteiger partial charge on any atom is 0.352 e. The van der Waals surface area contributed by atoms with Crippen molar-refractivity contribution in [1.82, 2.24) is 25.4 Å². The average Bonchev–Trinajstić information content (AvgIpc) is 3.21. The Balaban J connectivity index is 1.41. The lowest BCUT2D eigenvalue weighted by molar-refractivity contribution is -0.148. The van der Waals surface area contributed by atoms with Crippen molar-refractivity contribution in [3.63, 3.8) is 0 Å². The highest BCUT2D eigenvalue weighted by molar-refractivity contribution is 8.01. The number of carboxylic acid groups (broad SMARTS) is 1. The first-order valence-electron chi connectivity index (χ1n) is 9.61. The Morgan fingerprint density at radius 2 is 2.21 bits per heavy atom. The number of nitrogens with one attached hydrogen (secondary N) is 1. The number of fused-ring (bicyclic) bond motifs is 1. The number of β-lactam (4-membered cyclic amide) rings is 1. The first kappa shape index (κ1) is 24.6. The van der Waals surface area contributed by atoms with E-state index >= 15 is 0 Å². The molecule has 4 heterocycles. The van der Waals surface area contributed by atoms with Gasteiger partial charge in [0.15, 0.2) is 5.75 Å². The number of thiocarbonyl (C=S) groups is 1. The van der Waals surface area contributed by atoms with Gasteiger partial charge in [-0.3, -0.25) is 19.2 Å². The first-order valence-corrected chi connectivity index (χ1v) is 13.7. The number of hydrogen-bond donors (Lipinski definition) is 3. The van der Waals surface area contributed by atoms with Crippen LogP contribution in [-0.4, -0.2) is 77.9 Å². The summed E-state index contributed by atoms with van der Waals surface area (Å²) in [6.07, 6.45) is 3.75. The molecule has 4 rings (SSSR count). The number of carbonyl (C=O) groups is 2. The van der Waals surface area contributed by atoms with Crippen LogP contribution in [0.15, 0.2) is 45.4 Å². The van der Waals surface area contributed by atoms with Crippen LogP contribution in [0.1, 0.15) is 11.5 Å². The van der Waals surface area contributed by atoms with Gasteiger partial charge in [0.2, 0.25) is 5.89 Å². The third-order valence-corrected chi connectivity index (χ3v) is 7.90. The maximum atomic E-state index is 12.8. The zero-order chi connectivity index (χ0) is 24.5. The third-order valence-electron chi connectivity index (χ3n) is 4.78. The third kappa shape index (κ3) is 5.57. The lowest BCUT2D eigenvalue weighted by Gasteiger charge is -2.49. The van der Waals surface area contributed by atoms with E-state index in [0.29, 0.717) is 22.7 Å². The second-order valence-corrected chi connectivity index (χ2v) is 11.2. The second-order valence-electron chi connectivity index (χ2n) is 7.23. The summed E-state index contributed by atoms with van der Waals surface area (Å²) in [4.78, 5) is 30.5. The number of aromatic nitrogens is 3. The van der Waals surface area contributed by atoms with Gasteiger partial charge in [-0.15, -0.1) is 22.0 Å². The van der Waals surface area contributed by atoms with Crippen molar-refractivity contribution >= 4 is 62.7 Å². The molecule has 12 nitrogen and oxygen atoms in total. The van der Waals surface area contributed by atoms with E-state index in [1.807, 2.05) is 6.07 Å². The fourth-order valence-electron chi connectivity index (χ4n) is 3.37. The Kier molecular flexibility index (Phi) is 7.22. The quantitative estimate of drug-likeness (QED) is 0.174. The van der Waals surface area contributed by atoms with Crippen molar-refractivity contribution in [3.05, 3.63) is 47.3 Å². The molecular weight excluding hydrogens is 526 g/mol. The summed E-state index contributed by atoms with van der Waals surface area (Å²) in [5.74, 6) is -2.24. The van der Waals surface area contributed by atoms with Crippen LogP contribution in [0.5, 0.6) is 0 Å². The molecule has 2 aliphatic rings. The van der Waals surface area contributed by atoms with Gasteiger partial charge >= 0.3 is 5.97 Å². The van der Waals surface area contributed by atoms with Crippen LogP contribution < -0.4 is 5.32 Å². The predicted octanol–water partition coefficient (Wildman–Crippen LogP) is 0.727. The number of carboxylic acids is 1. The van der Waals surface area contributed by atoms with Crippen LogP contribution in [0.25, 0.3) is 0 Å². The van der Waals surface area contributed by atoms with E-state index in [-0.39, 0.29) is 28.5 Å². The maximum absolute atomic E-state index is 12.8. The Morgan fingerprint density at radius 3 is 2.88 bits per heavy atom. The minimum absolute atomic E-state index is 0.0123.